The Morgan fingerprint density at radius 1 is 0.152 bits per heavy atom. The van der Waals surface area contributed by atoms with Crippen molar-refractivity contribution in [1.29, 1.82) is 0 Å². The maximum Gasteiger partial charge on any atom is 0.0465 e. The molecule has 0 fully saturated rings. The van der Waals surface area contributed by atoms with E-state index in [0.717, 1.165) is 39.7 Å². The number of hydrogen-bond donors (Lipinski definition) is 0. The molecule has 0 aromatic heterocycles. The van der Waals surface area contributed by atoms with E-state index in [1.165, 1.54) is 161 Å². The zero-order valence-electron chi connectivity index (χ0n) is 63.2. The van der Waals surface area contributed by atoms with E-state index >= 15 is 0 Å². The number of rotatable bonds is 15. The second-order valence-electron chi connectivity index (χ2n) is 31.2. The molecule has 2 aliphatic rings. The minimum atomic E-state index is -0.263. The fourth-order valence-electron chi connectivity index (χ4n) is 17.8. The summed E-state index contributed by atoms with van der Waals surface area (Å²) in [6.07, 6.45) is 0. The molecule has 0 atom stereocenters. The third-order valence-electron chi connectivity index (χ3n) is 23.9. The lowest BCUT2D eigenvalue weighted by Gasteiger charge is -2.28. The summed E-state index contributed by atoms with van der Waals surface area (Å²) in [6.45, 7) is 9.57. The van der Waals surface area contributed by atoms with E-state index in [2.05, 4.69) is 450 Å². The van der Waals surface area contributed by atoms with Crippen LogP contribution in [0.3, 0.4) is 0 Å². The van der Waals surface area contributed by atoms with Gasteiger partial charge in [0.25, 0.3) is 0 Å². The van der Waals surface area contributed by atoms with Crippen LogP contribution in [-0.4, -0.2) is 0 Å². The predicted octanol–water partition coefficient (Wildman–Crippen LogP) is 30.5. The SMILES string of the molecule is CC1(C)c2cc(-c3ccc(-c4ccc(-c5ccccc5)cc4)cc3)ccc2-c2ccc(N(c3ccccc3)c3ccc(-c4ccc(-c5ccc(N(c6ccc(-c7ccc8ccccc8c7)cc6)c6ccc7c(c6)C(C)(C)c6cc(-c8ccc(-c9ccc(-c%10ccccc%10)cc9)cc8)ccc6-7)cc5)c5ccccc45)cc3)cc21. The molecule has 0 saturated heterocycles. The Bertz CT molecular complexity index is 6580. The largest absolute Gasteiger partial charge is 0.310 e. The van der Waals surface area contributed by atoms with Crippen molar-refractivity contribution in [3.63, 3.8) is 0 Å². The van der Waals surface area contributed by atoms with Crippen LogP contribution < -0.4 is 9.80 Å². The number of fused-ring (bicyclic) bond motifs is 8. The van der Waals surface area contributed by atoms with Crippen molar-refractivity contribution in [3.8, 4) is 122 Å². The Morgan fingerprint density at radius 2 is 0.384 bits per heavy atom. The van der Waals surface area contributed by atoms with Gasteiger partial charge in [-0.25, -0.2) is 0 Å². The minimum absolute atomic E-state index is 0.234. The fourth-order valence-corrected chi connectivity index (χ4v) is 17.8. The molecule has 18 aromatic carbocycles. The summed E-state index contributed by atoms with van der Waals surface area (Å²) in [5, 5.41) is 4.90. The number of nitrogens with zero attached hydrogens (tertiary/aromatic N) is 2. The maximum absolute atomic E-state index is 2.45. The highest BCUT2D eigenvalue weighted by molar-refractivity contribution is 6.05. The number of para-hydroxylation sites is 1. The minimum Gasteiger partial charge on any atom is -0.310 e. The smallest absolute Gasteiger partial charge is 0.0465 e. The normalized spacial score (nSPS) is 12.8. The lowest BCUT2D eigenvalue weighted by molar-refractivity contribution is 0.660. The van der Waals surface area contributed by atoms with E-state index in [1.807, 2.05) is 0 Å². The van der Waals surface area contributed by atoms with Crippen LogP contribution in [0.25, 0.3) is 144 Å². The van der Waals surface area contributed by atoms with E-state index in [-0.39, 0.29) is 10.8 Å². The van der Waals surface area contributed by atoms with Gasteiger partial charge in [-0.05, 0) is 257 Å². The molecule has 0 unspecified atom stereocenters. The van der Waals surface area contributed by atoms with Gasteiger partial charge in [-0.15, -0.1) is 0 Å². The Hall–Kier alpha value is -13.9. The summed E-state index contributed by atoms with van der Waals surface area (Å²) in [6, 6.07) is 153. The first kappa shape index (κ1) is 67.4. The molecule has 0 heterocycles. The van der Waals surface area contributed by atoms with Crippen molar-refractivity contribution in [2.24, 2.45) is 0 Å². The Balaban J connectivity index is 0.581. The highest BCUT2D eigenvalue weighted by Gasteiger charge is 2.38. The average Bonchev–Trinajstić information content (AvgIpc) is 1.56. The Morgan fingerprint density at radius 3 is 0.759 bits per heavy atom. The van der Waals surface area contributed by atoms with Crippen LogP contribution in [0.1, 0.15) is 49.9 Å². The Labute approximate surface area is 656 Å². The van der Waals surface area contributed by atoms with Crippen LogP contribution in [0.2, 0.25) is 0 Å². The molecule has 0 radical (unpaired) electrons. The van der Waals surface area contributed by atoms with Crippen LogP contribution in [0.15, 0.2) is 413 Å². The van der Waals surface area contributed by atoms with E-state index in [4.69, 9.17) is 0 Å². The summed E-state index contributed by atoms with van der Waals surface area (Å²) in [7, 11) is 0. The van der Waals surface area contributed by atoms with Gasteiger partial charge in [0.15, 0.2) is 0 Å². The molecule has 0 amide bonds. The third-order valence-corrected chi connectivity index (χ3v) is 23.9. The monoisotopic (exact) mass is 1430 g/mol. The Kier molecular flexibility index (Phi) is 16.6. The van der Waals surface area contributed by atoms with Gasteiger partial charge >= 0.3 is 0 Å². The first-order chi connectivity index (χ1) is 55.0. The van der Waals surface area contributed by atoms with Gasteiger partial charge < -0.3 is 9.80 Å². The lowest BCUT2D eigenvalue weighted by atomic mass is 9.81. The standard InChI is InChI=1S/C110H80N2/c1-109(2)105-69-89(82-40-36-80(37-41-82)78-32-28-76(29-33-78)73-18-8-5-9-19-73)52-62-101(105)103-64-60-95(71-107(103)109)111(91-24-12-7-13-25-91)93-56-48-85(49-57-93)97-66-67-98(100-27-17-16-26-99(97)100)86-50-58-94(59-51-86)112(92-54-46-84(47-55-92)88-45-44-75-22-14-15-23-87(75)68-88)96-61-65-104-102-63-53-90(70-106(102)110(3,4)108(104)72-96)83-42-38-81(39-43-83)79-34-30-77(31-35-79)74-20-10-6-11-21-74/h5-72H,1-4H3. The van der Waals surface area contributed by atoms with Gasteiger partial charge in [0.2, 0.25) is 0 Å². The topological polar surface area (TPSA) is 6.48 Å². The molecule has 0 aliphatic heterocycles. The van der Waals surface area contributed by atoms with Gasteiger partial charge in [0.1, 0.15) is 0 Å². The fraction of sp³-hybridized carbons (Fsp3) is 0.0545. The van der Waals surface area contributed by atoms with Crippen LogP contribution in [0, 0.1) is 0 Å². The zero-order chi connectivity index (χ0) is 75.0. The molecule has 18 aromatic rings. The molecular weight excluding hydrogens is 1350 g/mol. The van der Waals surface area contributed by atoms with E-state index < -0.39 is 0 Å². The molecule has 2 heteroatoms. The second kappa shape index (κ2) is 27.6. The first-order valence-electron chi connectivity index (χ1n) is 39.1. The summed E-state index contributed by atoms with van der Waals surface area (Å²) >= 11 is 0. The van der Waals surface area contributed by atoms with Gasteiger partial charge in [-0.3, -0.25) is 0 Å². The molecule has 0 bridgehead atoms. The first-order valence-corrected chi connectivity index (χ1v) is 39.1. The molecule has 20 rings (SSSR count). The van der Waals surface area contributed by atoms with E-state index in [1.54, 1.807) is 0 Å². The van der Waals surface area contributed by atoms with E-state index in [0.29, 0.717) is 0 Å². The van der Waals surface area contributed by atoms with Gasteiger partial charge in [0.05, 0.1) is 0 Å². The molecular formula is C110H80N2. The lowest BCUT2D eigenvalue weighted by Crippen LogP contribution is -2.16. The number of anilines is 6. The van der Waals surface area contributed by atoms with Crippen LogP contribution in [-0.2, 0) is 10.8 Å². The summed E-state index contributed by atoms with van der Waals surface area (Å²) in [5.74, 6) is 0. The van der Waals surface area contributed by atoms with Gasteiger partial charge in [-0.1, -0.05) is 349 Å². The predicted molar refractivity (Wildman–Crippen MR) is 475 cm³/mol. The van der Waals surface area contributed by atoms with Crippen LogP contribution in [0.4, 0.5) is 34.1 Å². The molecule has 2 aliphatic carbocycles. The quantitative estimate of drug-likeness (QED) is 0.101. The van der Waals surface area contributed by atoms with E-state index in [9.17, 15) is 0 Å². The van der Waals surface area contributed by atoms with Crippen molar-refractivity contribution >= 4 is 55.7 Å². The summed E-state index contributed by atoms with van der Waals surface area (Å²) in [5.41, 5.74) is 38.4. The van der Waals surface area contributed by atoms with Crippen LogP contribution >= 0.6 is 0 Å². The molecule has 2 nitrogen and oxygen atoms in total. The maximum atomic E-state index is 2.45. The number of hydrogen-bond acceptors (Lipinski definition) is 2. The highest BCUT2D eigenvalue weighted by atomic mass is 15.1. The average molecular weight is 1430 g/mol. The van der Waals surface area contributed by atoms with Gasteiger partial charge in [0, 0.05) is 45.0 Å². The van der Waals surface area contributed by atoms with Crippen molar-refractivity contribution in [2.75, 3.05) is 9.80 Å². The van der Waals surface area contributed by atoms with Gasteiger partial charge in [-0.2, -0.15) is 0 Å². The molecule has 0 saturated carbocycles. The number of benzene rings is 18. The zero-order valence-corrected chi connectivity index (χ0v) is 63.2. The summed E-state index contributed by atoms with van der Waals surface area (Å²) in [4.78, 5) is 4.85. The molecule has 0 spiro atoms. The molecule has 530 valence electrons. The van der Waals surface area contributed by atoms with Crippen molar-refractivity contribution in [1.82, 2.24) is 0 Å². The highest BCUT2D eigenvalue weighted by Crippen LogP contribution is 2.55. The summed E-state index contributed by atoms with van der Waals surface area (Å²) < 4.78 is 0. The van der Waals surface area contributed by atoms with Crippen molar-refractivity contribution < 1.29 is 0 Å². The van der Waals surface area contributed by atoms with Crippen LogP contribution in [0.5, 0.6) is 0 Å². The second-order valence-corrected chi connectivity index (χ2v) is 31.2. The molecule has 112 heavy (non-hydrogen) atoms. The third kappa shape index (κ3) is 12.1. The van der Waals surface area contributed by atoms with Crippen molar-refractivity contribution in [3.05, 3.63) is 435 Å². The molecule has 0 N–H and O–H groups in total. The van der Waals surface area contributed by atoms with Crippen molar-refractivity contribution in [2.45, 2.75) is 38.5 Å².